The van der Waals surface area contributed by atoms with Gasteiger partial charge in [0.25, 0.3) is 0 Å². The molecule has 1 rings (SSSR count). The number of terminal acetylenes is 1. The fourth-order valence-corrected chi connectivity index (χ4v) is 1.33. The van der Waals surface area contributed by atoms with Crippen molar-refractivity contribution in [3.63, 3.8) is 0 Å². The lowest BCUT2D eigenvalue weighted by Gasteiger charge is -2.33. The zero-order valence-electron chi connectivity index (χ0n) is 6.84. The molecule has 62 valence electrons. The maximum Gasteiger partial charge on any atom is 0.00981 e. The number of rotatable bonds is 4. The fourth-order valence-electron chi connectivity index (χ4n) is 1.33. The van der Waals surface area contributed by atoms with Crippen molar-refractivity contribution in [1.82, 2.24) is 5.32 Å². The lowest BCUT2D eigenvalue weighted by molar-refractivity contribution is 0.292. The van der Waals surface area contributed by atoms with Crippen LogP contribution in [0.3, 0.4) is 0 Å². The van der Waals surface area contributed by atoms with Gasteiger partial charge in [-0.25, -0.2) is 0 Å². The molecular weight excluding hydrogens is 136 g/mol. The Morgan fingerprint density at radius 1 is 1.55 bits per heavy atom. The molecule has 0 unspecified atom stereocenters. The van der Waals surface area contributed by atoms with Crippen molar-refractivity contribution in [3.05, 3.63) is 0 Å². The van der Waals surface area contributed by atoms with Crippen molar-refractivity contribution in [2.75, 3.05) is 6.54 Å². The minimum Gasteiger partial charge on any atom is -0.328 e. The first-order valence-corrected chi connectivity index (χ1v) is 4.25. The Hall–Kier alpha value is -0.520. The van der Waals surface area contributed by atoms with Crippen molar-refractivity contribution in [1.29, 1.82) is 0 Å². The van der Waals surface area contributed by atoms with Crippen molar-refractivity contribution in [3.8, 4) is 12.3 Å². The van der Waals surface area contributed by atoms with Crippen LogP contribution in [0.2, 0.25) is 0 Å². The van der Waals surface area contributed by atoms with Gasteiger partial charge < -0.3 is 11.1 Å². The van der Waals surface area contributed by atoms with Gasteiger partial charge in [-0.3, -0.25) is 0 Å². The van der Waals surface area contributed by atoms with E-state index in [9.17, 15) is 0 Å². The molecule has 0 amide bonds. The van der Waals surface area contributed by atoms with E-state index >= 15 is 0 Å². The molecule has 11 heavy (non-hydrogen) atoms. The first kappa shape index (κ1) is 8.58. The number of unbranched alkanes of at least 4 members (excludes halogenated alkanes) is 1. The highest BCUT2D eigenvalue weighted by Gasteiger charge is 2.24. The third-order valence-electron chi connectivity index (χ3n) is 2.11. The summed E-state index contributed by atoms with van der Waals surface area (Å²) in [4.78, 5) is 0. The van der Waals surface area contributed by atoms with Crippen LogP contribution in [0, 0.1) is 12.3 Å². The summed E-state index contributed by atoms with van der Waals surface area (Å²) < 4.78 is 0. The summed E-state index contributed by atoms with van der Waals surface area (Å²) in [5, 5.41) is 3.41. The van der Waals surface area contributed by atoms with Crippen molar-refractivity contribution in [2.45, 2.75) is 37.8 Å². The number of nitrogens with two attached hydrogens (primary N) is 1. The molecule has 0 aromatic rings. The summed E-state index contributed by atoms with van der Waals surface area (Å²) in [6, 6.07) is 1.11. The Bertz CT molecular complexity index is 142. The van der Waals surface area contributed by atoms with Crippen LogP contribution in [0.25, 0.3) is 0 Å². The van der Waals surface area contributed by atoms with Crippen LogP contribution in [0.1, 0.15) is 25.7 Å². The SMILES string of the molecule is C#CCCCNC1CC(N)C1. The van der Waals surface area contributed by atoms with Gasteiger partial charge in [0, 0.05) is 18.5 Å². The van der Waals surface area contributed by atoms with Crippen molar-refractivity contribution in [2.24, 2.45) is 5.73 Å². The third kappa shape index (κ3) is 2.92. The average Bonchev–Trinajstić information content (AvgIpc) is 1.94. The van der Waals surface area contributed by atoms with E-state index < -0.39 is 0 Å². The molecule has 2 heteroatoms. The second-order valence-electron chi connectivity index (χ2n) is 3.19. The Labute approximate surface area is 68.5 Å². The van der Waals surface area contributed by atoms with Gasteiger partial charge in [0.1, 0.15) is 0 Å². The molecule has 0 heterocycles. The highest BCUT2D eigenvalue weighted by atomic mass is 14.9. The van der Waals surface area contributed by atoms with Crippen LogP contribution in [0.5, 0.6) is 0 Å². The summed E-state index contributed by atoms with van der Waals surface area (Å²) in [5.74, 6) is 2.62. The Balaban J connectivity index is 1.86. The first-order chi connectivity index (χ1) is 5.33. The molecule has 1 aliphatic carbocycles. The second-order valence-corrected chi connectivity index (χ2v) is 3.19. The van der Waals surface area contributed by atoms with E-state index in [0.29, 0.717) is 12.1 Å². The summed E-state index contributed by atoms with van der Waals surface area (Å²) in [7, 11) is 0. The van der Waals surface area contributed by atoms with Gasteiger partial charge in [0.15, 0.2) is 0 Å². The minimum absolute atomic E-state index is 0.445. The number of nitrogens with one attached hydrogen (secondary N) is 1. The van der Waals surface area contributed by atoms with E-state index in [1.807, 2.05) is 0 Å². The molecule has 0 bridgehead atoms. The largest absolute Gasteiger partial charge is 0.328 e. The van der Waals surface area contributed by atoms with Gasteiger partial charge >= 0.3 is 0 Å². The maximum atomic E-state index is 5.63. The molecule has 0 aliphatic heterocycles. The van der Waals surface area contributed by atoms with Crippen LogP contribution < -0.4 is 11.1 Å². The van der Waals surface area contributed by atoms with Gasteiger partial charge in [-0.1, -0.05) is 0 Å². The molecule has 0 atom stereocenters. The second kappa shape index (κ2) is 4.38. The molecule has 1 aliphatic rings. The number of hydrogen-bond donors (Lipinski definition) is 2. The zero-order valence-corrected chi connectivity index (χ0v) is 6.84. The van der Waals surface area contributed by atoms with Crippen LogP contribution in [-0.4, -0.2) is 18.6 Å². The van der Waals surface area contributed by atoms with Crippen molar-refractivity contribution >= 4 is 0 Å². The van der Waals surface area contributed by atoms with E-state index in [-0.39, 0.29) is 0 Å². The summed E-state index contributed by atoms with van der Waals surface area (Å²) in [5.41, 5.74) is 5.63. The van der Waals surface area contributed by atoms with Crippen LogP contribution in [-0.2, 0) is 0 Å². The minimum atomic E-state index is 0.445. The molecule has 0 saturated heterocycles. The van der Waals surface area contributed by atoms with Gasteiger partial charge in [-0.2, -0.15) is 0 Å². The van der Waals surface area contributed by atoms with Crippen LogP contribution >= 0.6 is 0 Å². The Morgan fingerprint density at radius 2 is 2.27 bits per heavy atom. The number of hydrogen-bond acceptors (Lipinski definition) is 2. The molecule has 2 nitrogen and oxygen atoms in total. The lowest BCUT2D eigenvalue weighted by Crippen LogP contribution is -2.48. The fraction of sp³-hybridized carbons (Fsp3) is 0.778. The smallest absolute Gasteiger partial charge is 0.00981 e. The van der Waals surface area contributed by atoms with E-state index in [1.165, 1.54) is 0 Å². The van der Waals surface area contributed by atoms with Gasteiger partial charge in [-0.15, -0.1) is 12.3 Å². The monoisotopic (exact) mass is 152 g/mol. The average molecular weight is 152 g/mol. The molecule has 1 fully saturated rings. The van der Waals surface area contributed by atoms with Gasteiger partial charge in [0.05, 0.1) is 0 Å². The normalized spacial score (nSPS) is 29.1. The van der Waals surface area contributed by atoms with Crippen molar-refractivity contribution < 1.29 is 0 Å². The zero-order chi connectivity index (χ0) is 8.10. The molecule has 0 spiro atoms. The lowest BCUT2D eigenvalue weighted by atomic mass is 9.87. The van der Waals surface area contributed by atoms with E-state index in [1.54, 1.807) is 0 Å². The highest BCUT2D eigenvalue weighted by molar-refractivity contribution is 4.88. The summed E-state index contributed by atoms with van der Waals surface area (Å²) in [6.07, 6.45) is 9.35. The Morgan fingerprint density at radius 3 is 2.82 bits per heavy atom. The van der Waals surface area contributed by atoms with Crippen LogP contribution in [0.15, 0.2) is 0 Å². The third-order valence-corrected chi connectivity index (χ3v) is 2.11. The molecule has 3 N–H and O–H groups in total. The van der Waals surface area contributed by atoms with Gasteiger partial charge in [0.2, 0.25) is 0 Å². The molecule has 0 aromatic carbocycles. The predicted molar refractivity (Wildman–Crippen MR) is 47.1 cm³/mol. The first-order valence-electron chi connectivity index (χ1n) is 4.25. The molecule has 0 aromatic heterocycles. The quantitative estimate of drug-likeness (QED) is 0.454. The topological polar surface area (TPSA) is 38.0 Å². The maximum absolute atomic E-state index is 5.63. The summed E-state index contributed by atoms with van der Waals surface area (Å²) >= 11 is 0. The molecule has 1 saturated carbocycles. The van der Waals surface area contributed by atoms with E-state index in [0.717, 1.165) is 32.2 Å². The molecular formula is C9H16N2. The highest BCUT2D eigenvalue weighted by Crippen LogP contribution is 2.16. The standard InChI is InChI=1S/C9H16N2/c1-2-3-4-5-11-9-6-8(10)7-9/h1,8-9,11H,3-7,10H2. The predicted octanol–water partition coefficient (Wildman–Crippen LogP) is 0.479. The Kier molecular flexibility index (Phi) is 3.41. The van der Waals surface area contributed by atoms with Gasteiger partial charge in [-0.05, 0) is 25.8 Å². The van der Waals surface area contributed by atoms with E-state index in [4.69, 9.17) is 12.2 Å². The van der Waals surface area contributed by atoms with E-state index in [2.05, 4.69) is 11.2 Å². The summed E-state index contributed by atoms with van der Waals surface area (Å²) in [6.45, 7) is 1.04. The molecule has 0 radical (unpaired) electrons. The van der Waals surface area contributed by atoms with Crippen LogP contribution in [0.4, 0.5) is 0 Å².